The van der Waals surface area contributed by atoms with Crippen LogP contribution in [-0.4, -0.2) is 52.3 Å². The van der Waals surface area contributed by atoms with Crippen LogP contribution in [0.1, 0.15) is 24.5 Å². The minimum Gasteiger partial charge on any atom is -0.367 e. The summed E-state index contributed by atoms with van der Waals surface area (Å²) in [6.07, 6.45) is -2.70. The average Bonchev–Trinajstić information content (AvgIpc) is 2.55. The highest BCUT2D eigenvalue weighted by Gasteiger charge is 2.27. The first kappa shape index (κ1) is 26.9. The molecule has 28 heavy (non-hydrogen) atoms. The van der Waals surface area contributed by atoms with E-state index in [1.54, 1.807) is 25.2 Å². The van der Waals surface area contributed by atoms with E-state index in [1.165, 1.54) is 6.26 Å². The van der Waals surface area contributed by atoms with Crippen molar-refractivity contribution < 1.29 is 26.3 Å². The third-order valence-electron chi connectivity index (χ3n) is 3.51. The van der Waals surface area contributed by atoms with Crippen LogP contribution >= 0.6 is 24.0 Å². The van der Waals surface area contributed by atoms with Crippen LogP contribution < -0.4 is 10.6 Å². The van der Waals surface area contributed by atoms with Gasteiger partial charge in [0.1, 0.15) is 16.4 Å². The normalized spacial score (nSPS) is 13.6. The number of hydrogen-bond acceptors (Lipinski definition) is 4. The number of nitrogens with one attached hydrogen (secondary N) is 2. The van der Waals surface area contributed by atoms with Crippen LogP contribution in [0.25, 0.3) is 0 Å². The molecule has 0 saturated heterocycles. The summed E-state index contributed by atoms with van der Waals surface area (Å²) in [5, 5.41) is 6.19. The van der Waals surface area contributed by atoms with Gasteiger partial charge in [0.05, 0.1) is 12.4 Å². The number of guanidine groups is 1. The lowest BCUT2D eigenvalue weighted by atomic mass is 10.1. The van der Waals surface area contributed by atoms with Crippen molar-refractivity contribution in [3.63, 3.8) is 0 Å². The van der Waals surface area contributed by atoms with Gasteiger partial charge in [0.25, 0.3) is 0 Å². The van der Waals surface area contributed by atoms with E-state index in [1.807, 2.05) is 13.0 Å². The summed E-state index contributed by atoms with van der Waals surface area (Å²) < 4.78 is 63.5. The number of halogens is 4. The van der Waals surface area contributed by atoms with Crippen LogP contribution in [0, 0.1) is 0 Å². The molecule has 0 saturated carbocycles. The number of sulfone groups is 1. The molecule has 0 fully saturated rings. The maximum absolute atomic E-state index is 12.1. The Hall–Kier alpha value is -1.08. The molecule has 162 valence electrons. The second-order valence-corrected chi connectivity index (χ2v) is 8.58. The van der Waals surface area contributed by atoms with Crippen LogP contribution in [0.4, 0.5) is 13.2 Å². The largest absolute Gasteiger partial charge is 0.411 e. The van der Waals surface area contributed by atoms with E-state index in [0.29, 0.717) is 24.5 Å². The van der Waals surface area contributed by atoms with Crippen molar-refractivity contribution in [2.45, 2.75) is 38.7 Å². The molecule has 1 aromatic rings. The highest BCUT2D eigenvalue weighted by Crippen LogP contribution is 2.16. The van der Waals surface area contributed by atoms with E-state index in [9.17, 15) is 21.6 Å². The molecular weight excluding hydrogens is 510 g/mol. The van der Waals surface area contributed by atoms with E-state index in [2.05, 4.69) is 20.4 Å². The Labute approximate surface area is 181 Å². The van der Waals surface area contributed by atoms with Crippen molar-refractivity contribution in [2.75, 3.05) is 25.7 Å². The second-order valence-electron chi connectivity index (χ2n) is 6.32. The first-order valence-corrected chi connectivity index (χ1v) is 10.4. The van der Waals surface area contributed by atoms with Gasteiger partial charge in [-0.1, -0.05) is 24.3 Å². The van der Waals surface area contributed by atoms with Crippen LogP contribution in [0.5, 0.6) is 0 Å². The van der Waals surface area contributed by atoms with Gasteiger partial charge in [-0.15, -0.1) is 24.0 Å². The minimum atomic E-state index is -4.34. The molecule has 0 bridgehead atoms. The summed E-state index contributed by atoms with van der Waals surface area (Å²) in [5.74, 6) is 0.590. The Kier molecular flexibility index (Phi) is 12.0. The Balaban J connectivity index is 0.00000729. The van der Waals surface area contributed by atoms with E-state index >= 15 is 0 Å². The third-order valence-corrected chi connectivity index (χ3v) is 4.49. The highest BCUT2D eigenvalue weighted by molar-refractivity contribution is 14.0. The second kappa shape index (κ2) is 12.5. The number of hydrogen-bond donors (Lipinski definition) is 2. The molecule has 6 nitrogen and oxygen atoms in total. The van der Waals surface area contributed by atoms with Gasteiger partial charge in [0, 0.05) is 25.9 Å². The van der Waals surface area contributed by atoms with E-state index in [0.717, 1.165) is 5.56 Å². The molecule has 1 unspecified atom stereocenters. The zero-order valence-corrected chi connectivity index (χ0v) is 19.2. The highest BCUT2D eigenvalue weighted by atomic mass is 127. The van der Waals surface area contributed by atoms with Gasteiger partial charge in [0.15, 0.2) is 5.96 Å². The standard InChI is InChI=1S/C17H26F3N3O3S.HI/c1-13(7-8-27(3,24)25)23-16(21-2)22-10-14-5-4-6-15(9-14)11-26-12-17(18,19)20;/h4-6,9,13H,7-8,10-12H2,1-3H3,(H2,21,22,23);1H. The molecule has 0 aromatic heterocycles. The molecule has 0 aliphatic rings. The minimum absolute atomic E-state index is 0. The smallest absolute Gasteiger partial charge is 0.367 e. The number of alkyl halides is 3. The quantitative estimate of drug-likeness (QED) is 0.288. The van der Waals surface area contributed by atoms with Crippen molar-refractivity contribution in [2.24, 2.45) is 4.99 Å². The van der Waals surface area contributed by atoms with Gasteiger partial charge in [-0.3, -0.25) is 4.99 Å². The zero-order valence-electron chi connectivity index (χ0n) is 16.0. The molecule has 1 aromatic carbocycles. The molecule has 2 N–H and O–H groups in total. The molecule has 0 spiro atoms. The van der Waals surface area contributed by atoms with Crippen molar-refractivity contribution in [3.05, 3.63) is 35.4 Å². The maximum atomic E-state index is 12.1. The summed E-state index contributed by atoms with van der Waals surface area (Å²) in [7, 11) is -1.42. The van der Waals surface area contributed by atoms with Gasteiger partial charge in [-0.2, -0.15) is 13.2 Å². The molecule has 11 heteroatoms. The molecule has 0 aliphatic carbocycles. The average molecular weight is 537 g/mol. The van der Waals surface area contributed by atoms with Crippen molar-refractivity contribution in [1.82, 2.24) is 10.6 Å². The number of benzene rings is 1. The monoisotopic (exact) mass is 537 g/mol. The van der Waals surface area contributed by atoms with Crippen LogP contribution in [0.15, 0.2) is 29.3 Å². The number of ether oxygens (including phenoxy) is 1. The van der Waals surface area contributed by atoms with Gasteiger partial charge in [-0.25, -0.2) is 8.42 Å². The summed E-state index contributed by atoms with van der Waals surface area (Å²) in [6.45, 7) is 0.864. The molecule has 0 heterocycles. The van der Waals surface area contributed by atoms with Crippen molar-refractivity contribution in [3.8, 4) is 0 Å². The molecule has 0 amide bonds. The van der Waals surface area contributed by atoms with Crippen LogP contribution in [0.2, 0.25) is 0 Å². The maximum Gasteiger partial charge on any atom is 0.411 e. The Morgan fingerprint density at radius 1 is 1.29 bits per heavy atom. The SMILES string of the molecule is CN=C(NCc1cccc(COCC(F)(F)F)c1)NC(C)CCS(C)(=O)=O.I. The summed E-state index contributed by atoms with van der Waals surface area (Å²) in [6, 6.07) is 6.94. The topological polar surface area (TPSA) is 79.8 Å². The fourth-order valence-electron chi connectivity index (χ4n) is 2.19. The first-order valence-electron chi connectivity index (χ1n) is 8.36. The Bertz CT molecular complexity index is 728. The number of nitrogens with zero attached hydrogens (tertiary/aromatic N) is 1. The number of aliphatic imine (C=N–C) groups is 1. The Morgan fingerprint density at radius 2 is 1.93 bits per heavy atom. The van der Waals surface area contributed by atoms with Gasteiger partial charge in [0.2, 0.25) is 0 Å². The first-order chi connectivity index (χ1) is 12.5. The summed E-state index contributed by atoms with van der Waals surface area (Å²) in [5.41, 5.74) is 1.50. The molecule has 1 atom stereocenters. The molecule has 0 aliphatic heterocycles. The number of rotatable bonds is 9. The van der Waals surface area contributed by atoms with E-state index in [-0.39, 0.29) is 42.4 Å². The van der Waals surface area contributed by atoms with Gasteiger partial charge >= 0.3 is 6.18 Å². The molecular formula is C17H27F3IN3O3S. The zero-order chi connectivity index (χ0) is 20.5. The molecule has 0 radical (unpaired) electrons. The lowest BCUT2D eigenvalue weighted by Gasteiger charge is -2.18. The van der Waals surface area contributed by atoms with Gasteiger partial charge in [-0.05, 0) is 24.5 Å². The fourth-order valence-corrected chi connectivity index (χ4v) is 2.97. The van der Waals surface area contributed by atoms with E-state index in [4.69, 9.17) is 0 Å². The lowest BCUT2D eigenvalue weighted by molar-refractivity contribution is -0.176. The lowest BCUT2D eigenvalue weighted by Crippen LogP contribution is -2.42. The predicted molar refractivity (Wildman–Crippen MR) is 115 cm³/mol. The van der Waals surface area contributed by atoms with E-state index < -0.39 is 22.6 Å². The molecule has 1 rings (SSSR count). The summed E-state index contributed by atoms with van der Waals surface area (Å²) >= 11 is 0. The van der Waals surface area contributed by atoms with Crippen LogP contribution in [0.3, 0.4) is 0 Å². The van der Waals surface area contributed by atoms with Gasteiger partial charge < -0.3 is 15.4 Å². The van der Waals surface area contributed by atoms with Crippen molar-refractivity contribution >= 4 is 39.8 Å². The predicted octanol–water partition coefficient (Wildman–Crippen LogP) is 2.87. The van der Waals surface area contributed by atoms with Crippen molar-refractivity contribution in [1.29, 1.82) is 0 Å². The summed E-state index contributed by atoms with van der Waals surface area (Å²) in [4.78, 5) is 4.08. The van der Waals surface area contributed by atoms with Crippen LogP contribution in [-0.2, 0) is 27.7 Å². The third kappa shape index (κ3) is 13.2. The Morgan fingerprint density at radius 3 is 2.50 bits per heavy atom. The fraction of sp³-hybridized carbons (Fsp3) is 0.588.